The van der Waals surface area contributed by atoms with Crippen LogP contribution in [0.25, 0.3) is 0 Å². The van der Waals surface area contributed by atoms with Crippen LogP contribution in [0.2, 0.25) is 0 Å². The molecule has 178 valence electrons. The molecule has 2 aromatic rings. The van der Waals surface area contributed by atoms with Crippen molar-refractivity contribution in [3.63, 3.8) is 0 Å². The topological polar surface area (TPSA) is 60.7 Å². The molecule has 9 heteroatoms. The Morgan fingerprint density at radius 2 is 1.69 bits per heavy atom. The van der Waals surface area contributed by atoms with E-state index in [1.54, 1.807) is 13.1 Å². The van der Waals surface area contributed by atoms with E-state index in [4.69, 9.17) is 0 Å². The van der Waals surface area contributed by atoms with Crippen LogP contribution in [-0.4, -0.2) is 73.5 Å². The van der Waals surface area contributed by atoms with Gasteiger partial charge in [-0.2, -0.15) is 5.10 Å². The molecule has 1 aromatic heterocycles. The average Bonchev–Trinajstić information content (AvgIpc) is 3.10. The molecule has 2 N–H and O–H groups in total. The van der Waals surface area contributed by atoms with E-state index in [2.05, 4.69) is 48.2 Å². The van der Waals surface area contributed by atoms with E-state index in [9.17, 15) is 4.39 Å². The molecule has 3 rings (SSSR count). The highest BCUT2D eigenvalue weighted by atomic mass is 127. The van der Waals surface area contributed by atoms with E-state index in [-0.39, 0.29) is 29.8 Å². The van der Waals surface area contributed by atoms with Crippen molar-refractivity contribution < 1.29 is 4.39 Å². The molecular formula is C23H37FIN7. The van der Waals surface area contributed by atoms with Gasteiger partial charge in [-0.25, -0.2) is 4.39 Å². The van der Waals surface area contributed by atoms with Gasteiger partial charge in [0.05, 0.1) is 11.4 Å². The minimum atomic E-state index is -0.131. The Labute approximate surface area is 208 Å². The summed E-state index contributed by atoms with van der Waals surface area (Å²) in [6, 6.07) is 9.15. The van der Waals surface area contributed by atoms with Gasteiger partial charge in [0.1, 0.15) is 5.82 Å². The van der Waals surface area contributed by atoms with Gasteiger partial charge in [0.15, 0.2) is 5.96 Å². The van der Waals surface area contributed by atoms with Gasteiger partial charge in [-0.05, 0) is 51.4 Å². The lowest BCUT2D eigenvalue weighted by Crippen LogP contribution is -2.47. The van der Waals surface area contributed by atoms with Crippen LogP contribution >= 0.6 is 24.0 Å². The number of hydrogen-bond acceptors (Lipinski definition) is 4. The highest BCUT2D eigenvalue weighted by Gasteiger charge is 2.18. The summed E-state index contributed by atoms with van der Waals surface area (Å²) in [6.07, 6.45) is 2.04. The zero-order chi connectivity index (χ0) is 22.1. The largest absolute Gasteiger partial charge is 0.367 e. The number of halogens is 2. The zero-order valence-corrected chi connectivity index (χ0v) is 21.8. The van der Waals surface area contributed by atoms with Crippen molar-refractivity contribution in [1.82, 2.24) is 25.3 Å². The lowest BCUT2D eigenvalue weighted by molar-refractivity contribution is 0.254. The van der Waals surface area contributed by atoms with Gasteiger partial charge in [-0.1, -0.05) is 12.1 Å². The van der Waals surface area contributed by atoms with Gasteiger partial charge >= 0.3 is 0 Å². The number of para-hydroxylation sites is 1. The van der Waals surface area contributed by atoms with Crippen LogP contribution in [0, 0.1) is 19.7 Å². The quantitative estimate of drug-likeness (QED) is 0.215. The zero-order valence-electron chi connectivity index (χ0n) is 19.5. The van der Waals surface area contributed by atoms with Crippen molar-refractivity contribution in [2.45, 2.75) is 33.2 Å². The monoisotopic (exact) mass is 557 g/mol. The van der Waals surface area contributed by atoms with Crippen LogP contribution < -0.4 is 15.5 Å². The maximum absolute atomic E-state index is 14.0. The first kappa shape index (κ1) is 26.4. The van der Waals surface area contributed by atoms with E-state index >= 15 is 0 Å². The maximum atomic E-state index is 14.0. The summed E-state index contributed by atoms with van der Waals surface area (Å²) in [6.45, 7) is 11.5. The number of aryl methyl sites for hydroxylation is 3. The summed E-state index contributed by atoms with van der Waals surface area (Å²) in [7, 11) is 1.80. The van der Waals surface area contributed by atoms with Crippen LogP contribution in [0.5, 0.6) is 0 Å². The molecule has 1 saturated heterocycles. The average molecular weight is 558 g/mol. The van der Waals surface area contributed by atoms with Crippen LogP contribution in [-0.2, 0) is 6.54 Å². The number of nitrogens with zero attached hydrogens (tertiary/aromatic N) is 5. The van der Waals surface area contributed by atoms with Crippen molar-refractivity contribution in [2.75, 3.05) is 57.8 Å². The summed E-state index contributed by atoms with van der Waals surface area (Å²) < 4.78 is 16.0. The third-order valence-electron chi connectivity index (χ3n) is 5.68. The van der Waals surface area contributed by atoms with Crippen molar-refractivity contribution in [1.29, 1.82) is 0 Å². The first-order valence-electron chi connectivity index (χ1n) is 11.2. The third-order valence-corrected chi connectivity index (χ3v) is 5.68. The Morgan fingerprint density at radius 1 is 1.03 bits per heavy atom. The number of aliphatic imine (C=N–C) groups is 1. The summed E-state index contributed by atoms with van der Waals surface area (Å²) in [5.74, 6) is 0.714. The number of guanidine groups is 1. The molecule has 1 aliphatic rings. The molecule has 1 fully saturated rings. The lowest BCUT2D eigenvalue weighted by Gasteiger charge is -2.36. The van der Waals surface area contributed by atoms with E-state index in [0.717, 1.165) is 82.5 Å². The minimum Gasteiger partial charge on any atom is -0.367 e. The first-order chi connectivity index (χ1) is 15.1. The summed E-state index contributed by atoms with van der Waals surface area (Å²) >= 11 is 0. The molecule has 0 aliphatic carbocycles. The highest BCUT2D eigenvalue weighted by Crippen LogP contribution is 2.20. The Balaban J connectivity index is 0.00000363. The number of rotatable bonds is 9. The van der Waals surface area contributed by atoms with Crippen molar-refractivity contribution in [3.8, 4) is 0 Å². The third kappa shape index (κ3) is 7.91. The van der Waals surface area contributed by atoms with Crippen LogP contribution in [0.4, 0.5) is 10.1 Å². The fourth-order valence-electron chi connectivity index (χ4n) is 3.99. The number of hydrogen-bond donors (Lipinski definition) is 2. The standard InChI is InChI=1S/C23H36FN7.HI/c1-19-18-20(2)31(28-19)13-7-11-27-23(25-3)26-10-6-12-29-14-16-30(17-15-29)22-9-5-4-8-21(22)24;/h4-5,8-9,18H,6-7,10-17H2,1-3H3,(H2,25,26,27);1H. The number of benzene rings is 1. The number of aromatic nitrogens is 2. The molecule has 7 nitrogen and oxygen atoms in total. The molecule has 1 aliphatic heterocycles. The fourth-order valence-corrected chi connectivity index (χ4v) is 3.99. The maximum Gasteiger partial charge on any atom is 0.190 e. The number of piperazine rings is 1. The van der Waals surface area contributed by atoms with Crippen LogP contribution in [0.1, 0.15) is 24.2 Å². The number of anilines is 1. The number of nitrogens with one attached hydrogen (secondary N) is 2. The molecule has 2 heterocycles. The van der Waals surface area contributed by atoms with Crippen LogP contribution in [0.15, 0.2) is 35.3 Å². The van der Waals surface area contributed by atoms with Gasteiger partial charge < -0.3 is 15.5 Å². The van der Waals surface area contributed by atoms with E-state index in [0.29, 0.717) is 0 Å². The molecular weight excluding hydrogens is 520 g/mol. The molecule has 0 bridgehead atoms. The van der Waals surface area contributed by atoms with Gasteiger partial charge in [-0.3, -0.25) is 14.6 Å². The van der Waals surface area contributed by atoms with Crippen molar-refractivity contribution in [3.05, 3.63) is 47.5 Å². The van der Waals surface area contributed by atoms with Gasteiger partial charge in [-0.15, -0.1) is 24.0 Å². The Hall–Kier alpha value is -1.88. The molecule has 0 unspecified atom stereocenters. The Morgan fingerprint density at radius 3 is 2.28 bits per heavy atom. The minimum absolute atomic E-state index is 0. The summed E-state index contributed by atoms with van der Waals surface area (Å²) in [5.41, 5.74) is 2.99. The molecule has 0 atom stereocenters. The smallest absolute Gasteiger partial charge is 0.190 e. The molecule has 32 heavy (non-hydrogen) atoms. The van der Waals surface area contributed by atoms with Crippen molar-refractivity contribution >= 4 is 35.6 Å². The predicted octanol–water partition coefficient (Wildman–Crippen LogP) is 3.02. The van der Waals surface area contributed by atoms with Gasteiger partial charge in [0, 0.05) is 58.6 Å². The van der Waals surface area contributed by atoms with Crippen LogP contribution in [0.3, 0.4) is 0 Å². The SMILES string of the molecule is CN=C(NCCCN1CCN(c2ccccc2F)CC1)NCCCn1nc(C)cc1C.I. The summed E-state index contributed by atoms with van der Waals surface area (Å²) in [4.78, 5) is 8.90. The van der Waals surface area contributed by atoms with Crippen molar-refractivity contribution in [2.24, 2.45) is 4.99 Å². The second kappa shape index (κ2) is 13.6. The molecule has 0 saturated carbocycles. The van der Waals surface area contributed by atoms with E-state index < -0.39 is 0 Å². The van der Waals surface area contributed by atoms with E-state index in [1.807, 2.05) is 19.1 Å². The highest BCUT2D eigenvalue weighted by molar-refractivity contribution is 14.0. The lowest BCUT2D eigenvalue weighted by atomic mass is 10.2. The van der Waals surface area contributed by atoms with Gasteiger partial charge in [0.25, 0.3) is 0 Å². The second-order valence-electron chi connectivity index (χ2n) is 8.06. The summed E-state index contributed by atoms with van der Waals surface area (Å²) in [5, 5.41) is 11.3. The van der Waals surface area contributed by atoms with Gasteiger partial charge in [0.2, 0.25) is 0 Å². The fraction of sp³-hybridized carbons (Fsp3) is 0.565. The van der Waals surface area contributed by atoms with E-state index in [1.165, 1.54) is 11.8 Å². The molecule has 0 radical (unpaired) electrons. The second-order valence-corrected chi connectivity index (χ2v) is 8.06. The normalized spacial score (nSPS) is 14.9. The predicted molar refractivity (Wildman–Crippen MR) is 141 cm³/mol. The first-order valence-corrected chi connectivity index (χ1v) is 11.2. The Kier molecular flexibility index (Phi) is 11.2. The molecule has 0 amide bonds. The molecule has 1 aromatic carbocycles. The Bertz CT molecular complexity index is 847. The molecule has 0 spiro atoms.